The van der Waals surface area contributed by atoms with E-state index in [9.17, 15) is 4.39 Å². The van der Waals surface area contributed by atoms with Crippen LogP contribution < -0.4 is 5.48 Å². The number of halogens is 1. The first-order valence-electron chi connectivity index (χ1n) is 3.78. The third kappa shape index (κ3) is 1.62. The number of benzene rings is 1. The zero-order valence-corrected chi connectivity index (χ0v) is 7.19. The number of rotatable bonds is 2. The first-order valence-corrected chi connectivity index (χ1v) is 3.78. The molecule has 0 amide bonds. The van der Waals surface area contributed by atoms with Crippen LogP contribution in [0.4, 0.5) is 4.39 Å². The summed E-state index contributed by atoms with van der Waals surface area (Å²) in [6, 6.07) is 3.14. The molecular weight excluding hydrogens is 157 g/mol. The molecule has 2 nitrogen and oxygen atoms in total. The van der Waals surface area contributed by atoms with Crippen molar-refractivity contribution in [1.29, 1.82) is 0 Å². The molecule has 0 spiro atoms. The molecule has 0 aliphatic heterocycles. The zero-order chi connectivity index (χ0) is 9.14. The molecule has 1 aromatic carbocycles. The van der Waals surface area contributed by atoms with Gasteiger partial charge >= 0.3 is 0 Å². The van der Waals surface area contributed by atoms with Crippen LogP contribution in [-0.2, 0) is 6.54 Å². The highest BCUT2D eigenvalue weighted by atomic mass is 19.1. The highest BCUT2D eigenvalue weighted by Crippen LogP contribution is 2.16. The summed E-state index contributed by atoms with van der Waals surface area (Å²) < 4.78 is 13.0. The number of aryl methyl sites for hydroxylation is 1. The Morgan fingerprint density at radius 3 is 2.67 bits per heavy atom. The van der Waals surface area contributed by atoms with Crippen LogP contribution in [-0.4, -0.2) is 5.21 Å². The molecule has 0 radical (unpaired) electrons. The summed E-state index contributed by atoms with van der Waals surface area (Å²) in [6.07, 6.45) is 0. The zero-order valence-electron chi connectivity index (χ0n) is 7.19. The van der Waals surface area contributed by atoms with E-state index in [0.29, 0.717) is 5.56 Å². The molecule has 12 heavy (non-hydrogen) atoms. The van der Waals surface area contributed by atoms with Gasteiger partial charge in [-0.2, -0.15) is 0 Å². The second kappa shape index (κ2) is 3.65. The Hall–Kier alpha value is -0.930. The lowest BCUT2D eigenvalue weighted by Gasteiger charge is -2.08. The van der Waals surface area contributed by atoms with Gasteiger partial charge in [0.05, 0.1) is 0 Å². The van der Waals surface area contributed by atoms with Gasteiger partial charge in [-0.05, 0) is 36.6 Å². The fraction of sp³-hybridized carbons (Fsp3) is 0.333. The minimum absolute atomic E-state index is 0.231. The second-order valence-electron chi connectivity index (χ2n) is 2.80. The minimum atomic E-state index is -0.231. The summed E-state index contributed by atoms with van der Waals surface area (Å²) in [4.78, 5) is 0. The molecule has 0 aliphatic carbocycles. The molecule has 0 atom stereocenters. The first kappa shape index (κ1) is 9.16. The van der Waals surface area contributed by atoms with Crippen LogP contribution in [0.2, 0.25) is 0 Å². The van der Waals surface area contributed by atoms with Gasteiger partial charge in [-0.15, -0.1) is 0 Å². The number of hydrogen-bond donors (Lipinski definition) is 2. The van der Waals surface area contributed by atoms with Crippen LogP contribution >= 0.6 is 0 Å². The molecule has 0 aliphatic rings. The predicted molar refractivity (Wildman–Crippen MR) is 44.5 cm³/mol. The molecule has 1 aromatic rings. The van der Waals surface area contributed by atoms with Crippen molar-refractivity contribution < 1.29 is 9.60 Å². The molecule has 0 heterocycles. The Bertz CT molecular complexity index is 286. The fourth-order valence-electron chi connectivity index (χ4n) is 1.21. The van der Waals surface area contributed by atoms with Crippen molar-refractivity contribution in [3.8, 4) is 0 Å². The largest absolute Gasteiger partial charge is 0.316 e. The monoisotopic (exact) mass is 169 g/mol. The number of nitrogens with one attached hydrogen (secondary N) is 1. The predicted octanol–water partition coefficient (Wildman–Crippen LogP) is 1.92. The van der Waals surface area contributed by atoms with E-state index in [2.05, 4.69) is 0 Å². The quantitative estimate of drug-likeness (QED) is 0.663. The maximum atomic E-state index is 13.0. The van der Waals surface area contributed by atoms with Gasteiger partial charge in [0, 0.05) is 6.54 Å². The SMILES string of the molecule is Cc1ccc(F)c(C)c1CNO. The van der Waals surface area contributed by atoms with Crippen LogP contribution in [0.5, 0.6) is 0 Å². The summed E-state index contributed by atoms with van der Waals surface area (Å²) in [6.45, 7) is 3.88. The van der Waals surface area contributed by atoms with E-state index < -0.39 is 0 Å². The van der Waals surface area contributed by atoms with Crippen molar-refractivity contribution in [3.05, 3.63) is 34.6 Å². The van der Waals surface area contributed by atoms with Gasteiger partial charge in [0.2, 0.25) is 0 Å². The number of hydrogen-bond acceptors (Lipinski definition) is 2. The second-order valence-corrected chi connectivity index (χ2v) is 2.80. The smallest absolute Gasteiger partial charge is 0.126 e. The molecule has 0 fully saturated rings. The van der Waals surface area contributed by atoms with Crippen molar-refractivity contribution in [2.24, 2.45) is 0 Å². The Balaban J connectivity index is 3.14. The van der Waals surface area contributed by atoms with Crippen molar-refractivity contribution in [2.45, 2.75) is 20.4 Å². The van der Waals surface area contributed by atoms with E-state index in [4.69, 9.17) is 5.21 Å². The van der Waals surface area contributed by atoms with Gasteiger partial charge in [0.15, 0.2) is 0 Å². The highest BCUT2D eigenvalue weighted by Gasteiger charge is 2.05. The van der Waals surface area contributed by atoms with E-state index in [1.807, 2.05) is 12.4 Å². The Morgan fingerprint density at radius 1 is 1.42 bits per heavy atom. The standard InChI is InChI=1S/C9H12FNO/c1-6-3-4-9(10)7(2)8(6)5-11-12/h3-4,11-12H,5H2,1-2H3. The van der Waals surface area contributed by atoms with Crippen molar-refractivity contribution >= 4 is 0 Å². The third-order valence-corrected chi connectivity index (χ3v) is 2.02. The summed E-state index contributed by atoms with van der Waals surface area (Å²) in [5.41, 5.74) is 4.42. The molecule has 0 saturated carbocycles. The van der Waals surface area contributed by atoms with E-state index in [0.717, 1.165) is 11.1 Å². The van der Waals surface area contributed by atoms with Gasteiger partial charge in [-0.25, -0.2) is 9.87 Å². The normalized spacial score (nSPS) is 10.3. The van der Waals surface area contributed by atoms with Gasteiger partial charge in [-0.1, -0.05) is 6.07 Å². The Morgan fingerprint density at radius 2 is 2.08 bits per heavy atom. The lowest BCUT2D eigenvalue weighted by Crippen LogP contribution is -2.09. The van der Waals surface area contributed by atoms with E-state index in [-0.39, 0.29) is 12.4 Å². The highest BCUT2D eigenvalue weighted by molar-refractivity contribution is 5.34. The number of hydroxylamine groups is 1. The average molecular weight is 169 g/mol. The minimum Gasteiger partial charge on any atom is -0.316 e. The molecule has 0 unspecified atom stereocenters. The Kier molecular flexibility index (Phi) is 2.78. The van der Waals surface area contributed by atoms with Crippen molar-refractivity contribution in [1.82, 2.24) is 5.48 Å². The third-order valence-electron chi connectivity index (χ3n) is 2.02. The molecule has 1 rings (SSSR count). The van der Waals surface area contributed by atoms with Crippen molar-refractivity contribution in [3.63, 3.8) is 0 Å². The summed E-state index contributed by atoms with van der Waals surface area (Å²) in [5, 5.41) is 8.49. The maximum absolute atomic E-state index is 13.0. The topological polar surface area (TPSA) is 32.3 Å². The maximum Gasteiger partial charge on any atom is 0.126 e. The molecule has 3 heteroatoms. The van der Waals surface area contributed by atoms with E-state index >= 15 is 0 Å². The summed E-state index contributed by atoms with van der Waals surface area (Å²) in [5.74, 6) is -0.231. The summed E-state index contributed by atoms with van der Waals surface area (Å²) >= 11 is 0. The van der Waals surface area contributed by atoms with Crippen LogP contribution in [0.15, 0.2) is 12.1 Å². The lowest BCUT2D eigenvalue weighted by atomic mass is 10.0. The van der Waals surface area contributed by atoms with Crippen LogP contribution in [0.3, 0.4) is 0 Å². The van der Waals surface area contributed by atoms with Crippen LogP contribution in [0, 0.1) is 19.7 Å². The Labute approximate surface area is 71.0 Å². The van der Waals surface area contributed by atoms with Gasteiger partial charge in [0.25, 0.3) is 0 Å². The fourth-order valence-corrected chi connectivity index (χ4v) is 1.21. The van der Waals surface area contributed by atoms with Crippen LogP contribution in [0.25, 0.3) is 0 Å². The van der Waals surface area contributed by atoms with E-state index in [1.54, 1.807) is 13.0 Å². The van der Waals surface area contributed by atoms with E-state index in [1.165, 1.54) is 6.07 Å². The summed E-state index contributed by atoms with van der Waals surface area (Å²) in [7, 11) is 0. The van der Waals surface area contributed by atoms with Gasteiger partial charge in [-0.3, -0.25) is 0 Å². The molecule has 0 saturated heterocycles. The average Bonchev–Trinajstić information content (AvgIpc) is 2.06. The molecule has 66 valence electrons. The molecule has 2 N–H and O–H groups in total. The van der Waals surface area contributed by atoms with Crippen molar-refractivity contribution in [2.75, 3.05) is 0 Å². The molecular formula is C9H12FNO. The first-order chi connectivity index (χ1) is 5.66. The lowest BCUT2D eigenvalue weighted by molar-refractivity contribution is 0.160. The molecule has 0 aromatic heterocycles. The van der Waals surface area contributed by atoms with Gasteiger partial charge < -0.3 is 5.21 Å². The van der Waals surface area contributed by atoms with Crippen LogP contribution in [0.1, 0.15) is 16.7 Å². The molecule has 0 bridgehead atoms. The van der Waals surface area contributed by atoms with Gasteiger partial charge in [0.1, 0.15) is 5.82 Å².